The smallest absolute Gasteiger partial charge is 0.318 e. The number of urea groups is 1. The first-order valence-electron chi connectivity index (χ1n) is 8.01. The maximum atomic E-state index is 12.6. The number of hydrogen-bond donors (Lipinski definition) is 3. The van der Waals surface area contributed by atoms with Crippen molar-refractivity contribution in [3.8, 4) is 0 Å². The summed E-state index contributed by atoms with van der Waals surface area (Å²) in [6.45, 7) is 1.05. The Morgan fingerprint density at radius 3 is 3.04 bits per heavy atom. The van der Waals surface area contributed by atoms with Gasteiger partial charge in [-0.2, -0.15) is 5.10 Å². The maximum Gasteiger partial charge on any atom is 0.318 e. The highest BCUT2D eigenvalue weighted by Crippen LogP contribution is 2.35. The third-order valence-corrected chi connectivity index (χ3v) is 4.28. The average molecular weight is 314 g/mol. The average Bonchev–Trinajstić information content (AvgIpc) is 3.23. The van der Waals surface area contributed by atoms with Gasteiger partial charge in [0.15, 0.2) is 0 Å². The highest BCUT2D eigenvalue weighted by Gasteiger charge is 2.30. The summed E-state index contributed by atoms with van der Waals surface area (Å²) in [6, 6.07) is 10.1. The molecule has 1 aliphatic rings. The van der Waals surface area contributed by atoms with Gasteiger partial charge in [-0.05, 0) is 36.5 Å². The van der Waals surface area contributed by atoms with Crippen molar-refractivity contribution in [1.82, 2.24) is 20.4 Å². The van der Waals surface area contributed by atoms with Crippen LogP contribution in [-0.4, -0.2) is 39.4 Å². The van der Waals surface area contributed by atoms with Crippen molar-refractivity contribution in [2.24, 2.45) is 0 Å². The number of carbonyl (C=O) groups excluding carboxylic acids is 1. The molecule has 0 aliphatic heterocycles. The molecule has 1 aromatic carbocycles. The van der Waals surface area contributed by atoms with E-state index in [9.17, 15) is 4.79 Å². The lowest BCUT2D eigenvalue weighted by molar-refractivity contribution is 0.164. The lowest BCUT2D eigenvalue weighted by Gasteiger charge is -2.30. The van der Waals surface area contributed by atoms with Crippen LogP contribution in [0.25, 0.3) is 0 Å². The molecule has 23 heavy (non-hydrogen) atoms. The van der Waals surface area contributed by atoms with Crippen LogP contribution in [0.4, 0.5) is 4.79 Å². The van der Waals surface area contributed by atoms with Crippen molar-refractivity contribution < 1.29 is 9.90 Å². The first-order chi connectivity index (χ1) is 11.3. The highest BCUT2D eigenvalue weighted by molar-refractivity contribution is 5.75. The SMILES string of the molecule is O=C(NCc1ccn[nH]1)N(CCCO)C1CCc2ccccc21. The van der Waals surface area contributed by atoms with Gasteiger partial charge < -0.3 is 15.3 Å². The second kappa shape index (κ2) is 7.28. The van der Waals surface area contributed by atoms with Gasteiger partial charge in [0.05, 0.1) is 18.3 Å². The predicted octanol–water partition coefficient (Wildman–Crippen LogP) is 1.99. The monoisotopic (exact) mass is 314 g/mol. The quantitative estimate of drug-likeness (QED) is 0.763. The van der Waals surface area contributed by atoms with Gasteiger partial charge in [-0.25, -0.2) is 4.79 Å². The first-order valence-corrected chi connectivity index (χ1v) is 8.01. The fraction of sp³-hybridized carbons (Fsp3) is 0.412. The number of nitrogens with one attached hydrogen (secondary N) is 2. The lowest BCUT2D eigenvalue weighted by atomic mass is 10.1. The van der Waals surface area contributed by atoms with E-state index in [1.54, 1.807) is 6.20 Å². The summed E-state index contributed by atoms with van der Waals surface area (Å²) in [5.41, 5.74) is 3.40. The Hall–Kier alpha value is -2.34. The summed E-state index contributed by atoms with van der Waals surface area (Å²) in [5, 5.41) is 18.8. The van der Waals surface area contributed by atoms with Crippen molar-refractivity contribution in [2.75, 3.05) is 13.2 Å². The van der Waals surface area contributed by atoms with E-state index < -0.39 is 0 Å². The molecular formula is C17H22N4O2. The van der Waals surface area contributed by atoms with Crippen LogP contribution in [0.2, 0.25) is 0 Å². The van der Waals surface area contributed by atoms with E-state index in [4.69, 9.17) is 5.11 Å². The molecule has 0 saturated heterocycles. The van der Waals surface area contributed by atoms with E-state index in [2.05, 4.69) is 27.6 Å². The Kier molecular flexibility index (Phi) is 4.92. The number of aryl methyl sites for hydroxylation is 1. The number of carbonyl (C=O) groups is 1. The third-order valence-electron chi connectivity index (χ3n) is 4.28. The molecule has 2 amide bonds. The molecule has 6 nitrogen and oxygen atoms in total. The van der Waals surface area contributed by atoms with Gasteiger partial charge in [-0.15, -0.1) is 0 Å². The van der Waals surface area contributed by atoms with Crippen molar-refractivity contribution in [2.45, 2.75) is 31.8 Å². The Balaban J connectivity index is 1.71. The molecule has 0 spiro atoms. The molecular weight excluding hydrogens is 292 g/mol. The summed E-state index contributed by atoms with van der Waals surface area (Å²) in [5.74, 6) is 0. The first kappa shape index (κ1) is 15.6. The molecule has 1 unspecified atom stereocenters. The largest absolute Gasteiger partial charge is 0.396 e. The van der Waals surface area contributed by atoms with E-state index in [-0.39, 0.29) is 18.7 Å². The zero-order chi connectivity index (χ0) is 16.1. The predicted molar refractivity (Wildman–Crippen MR) is 86.7 cm³/mol. The zero-order valence-corrected chi connectivity index (χ0v) is 13.0. The highest BCUT2D eigenvalue weighted by atomic mass is 16.3. The van der Waals surface area contributed by atoms with Gasteiger partial charge in [0.25, 0.3) is 0 Å². The minimum absolute atomic E-state index is 0.0820. The van der Waals surface area contributed by atoms with Crippen molar-refractivity contribution >= 4 is 6.03 Å². The van der Waals surface area contributed by atoms with E-state index in [1.807, 2.05) is 23.1 Å². The van der Waals surface area contributed by atoms with Gasteiger partial charge in [0, 0.05) is 19.3 Å². The second-order valence-corrected chi connectivity index (χ2v) is 5.76. The molecule has 2 aromatic rings. The van der Waals surface area contributed by atoms with Crippen molar-refractivity contribution in [3.05, 3.63) is 53.3 Å². The number of hydrogen-bond acceptors (Lipinski definition) is 3. The normalized spacial score (nSPS) is 16.1. The minimum Gasteiger partial charge on any atom is -0.396 e. The standard InChI is InChI=1S/C17H22N4O2/c22-11-3-10-21(17(23)18-12-14-8-9-19-20-14)16-7-6-13-4-1-2-5-15(13)16/h1-2,4-5,8-9,16,22H,3,6-7,10-12H2,(H,18,23)(H,19,20). The molecule has 0 fully saturated rings. The summed E-state index contributed by atoms with van der Waals surface area (Å²) in [7, 11) is 0. The molecule has 0 saturated carbocycles. The van der Waals surface area contributed by atoms with Crippen LogP contribution < -0.4 is 5.32 Å². The van der Waals surface area contributed by atoms with Crippen molar-refractivity contribution in [3.63, 3.8) is 0 Å². The number of rotatable bonds is 6. The van der Waals surface area contributed by atoms with Crippen LogP contribution in [0.15, 0.2) is 36.5 Å². The van der Waals surface area contributed by atoms with Crippen LogP contribution in [0.5, 0.6) is 0 Å². The second-order valence-electron chi connectivity index (χ2n) is 5.76. The number of fused-ring (bicyclic) bond motifs is 1. The number of aliphatic hydroxyl groups excluding tert-OH is 1. The Labute approximate surface area is 135 Å². The maximum absolute atomic E-state index is 12.6. The summed E-state index contributed by atoms with van der Waals surface area (Å²) >= 11 is 0. The van der Waals surface area contributed by atoms with E-state index in [1.165, 1.54) is 11.1 Å². The molecule has 1 aromatic heterocycles. The minimum atomic E-state index is -0.102. The number of nitrogens with zero attached hydrogens (tertiary/aromatic N) is 2. The van der Waals surface area contributed by atoms with E-state index >= 15 is 0 Å². The fourth-order valence-electron chi connectivity index (χ4n) is 3.15. The van der Waals surface area contributed by atoms with Gasteiger partial charge in [-0.1, -0.05) is 24.3 Å². The number of aromatic nitrogens is 2. The molecule has 1 aliphatic carbocycles. The molecule has 3 rings (SSSR count). The van der Waals surface area contributed by atoms with Crippen LogP contribution in [0.1, 0.15) is 35.7 Å². The number of H-pyrrole nitrogens is 1. The van der Waals surface area contributed by atoms with Gasteiger partial charge >= 0.3 is 6.03 Å². The summed E-state index contributed by atoms with van der Waals surface area (Å²) < 4.78 is 0. The third kappa shape index (κ3) is 3.53. The molecule has 1 atom stereocenters. The van der Waals surface area contributed by atoms with E-state index in [0.717, 1.165) is 18.5 Å². The Bertz CT molecular complexity index is 642. The number of aromatic amines is 1. The summed E-state index contributed by atoms with van der Waals surface area (Å²) in [6.07, 6.45) is 4.17. The molecule has 1 heterocycles. The molecule has 3 N–H and O–H groups in total. The molecule has 0 radical (unpaired) electrons. The molecule has 6 heteroatoms. The Morgan fingerprint density at radius 1 is 1.39 bits per heavy atom. The van der Waals surface area contributed by atoms with Gasteiger partial charge in [0.1, 0.15) is 0 Å². The Morgan fingerprint density at radius 2 is 2.26 bits per heavy atom. The molecule has 122 valence electrons. The molecule has 0 bridgehead atoms. The van der Waals surface area contributed by atoms with Crippen LogP contribution >= 0.6 is 0 Å². The van der Waals surface area contributed by atoms with Crippen LogP contribution in [0.3, 0.4) is 0 Å². The number of benzene rings is 1. The van der Waals surface area contributed by atoms with Crippen molar-refractivity contribution in [1.29, 1.82) is 0 Å². The zero-order valence-electron chi connectivity index (χ0n) is 13.0. The topological polar surface area (TPSA) is 81.2 Å². The summed E-state index contributed by atoms with van der Waals surface area (Å²) in [4.78, 5) is 14.5. The van der Waals surface area contributed by atoms with Crippen LogP contribution in [-0.2, 0) is 13.0 Å². The van der Waals surface area contributed by atoms with Gasteiger partial charge in [-0.3, -0.25) is 5.10 Å². The fourth-order valence-corrected chi connectivity index (χ4v) is 3.15. The number of aliphatic hydroxyl groups is 1. The lowest BCUT2D eigenvalue weighted by Crippen LogP contribution is -2.42. The van der Waals surface area contributed by atoms with E-state index in [0.29, 0.717) is 19.5 Å². The van der Waals surface area contributed by atoms with Crippen LogP contribution in [0, 0.1) is 0 Å². The number of amides is 2. The van der Waals surface area contributed by atoms with Gasteiger partial charge in [0.2, 0.25) is 0 Å².